The molecule has 2 aliphatic heterocycles. The molecule has 3 rings (SSSR count). The summed E-state index contributed by atoms with van der Waals surface area (Å²) in [6, 6.07) is 0. The number of H-pyrrole nitrogens is 1. The summed E-state index contributed by atoms with van der Waals surface area (Å²) in [5, 5.41) is 9.56. The van der Waals surface area contributed by atoms with Crippen molar-refractivity contribution in [1.82, 2.24) is 9.55 Å². The molecular formula is C11H15N2O9P. The van der Waals surface area contributed by atoms with Crippen molar-refractivity contribution in [3.8, 4) is 0 Å². The Morgan fingerprint density at radius 1 is 1.52 bits per heavy atom. The molecule has 2 saturated heterocycles. The Balaban J connectivity index is 2.02. The number of aliphatic hydroxyl groups is 1. The summed E-state index contributed by atoms with van der Waals surface area (Å²) in [6.45, 7) is 0.711. The summed E-state index contributed by atoms with van der Waals surface area (Å²) in [5.41, 5.74) is -2.60. The zero-order chi connectivity index (χ0) is 17.0. The van der Waals surface area contributed by atoms with Crippen molar-refractivity contribution in [2.24, 2.45) is 0 Å². The predicted octanol–water partition coefficient (Wildman–Crippen LogP) is -2.02. The largest absolute Gasteiger partial charge is 0.470 e. The average Bonchev–Trinajstić information content (AvgIpc) is 2.93. The van der Waals surface area contributed by atoms with Crippen LogP contribution in [0.4, 0.5) is 0 Å². The highest BCUT2D eigenvalue weighted by Crippen LogP contribution is 2.51. The molecule has 23 heavy (non-hydrogen) atoms. The quantitative estimate of drug-likeness (QED) is 0.449. The van der Waals surface area contributed by atoms with Gasteiger partial charge in [-0.15, -0.1) is 0 Å². The highest BCUT2D eigenvalue weighted by molar-refractivity contribution is 7.46. The van der Waals surface area contributed by atoms with Crippen LogP contribution >= 0.6 is 7.82 Å². The van der Waals surface area contributed by atoms with Gasteiger partial charge in [0.25, 0.3) is 5.56 Å². The Hall–Kier alpha value is -1.33. The molecule has 0 radical (unpaired) electrons. The van der Waals surface area contributed by atoms with Gasteiger partial charge in [-0.1, -0.05) is 0 Å². The number of aryl methyl sites for hydroxylation is 1. The van der Waals surface area contributed by atoms with E-state index in [1.165, 1.54) is 13.1 Å². The average molecular weight is 350 g/mol. The third-order valence-electron chi connectivity index (χ3n) is 3.91. The molecule has 4 N–H and O–H groups in total. The van der Waals surface area contributed by atoms with Crippen LogP contribution in [0, 0.1) is 6.92 Å². The molecule has 12 heteroatoms. The number of nitrogens with one attached hydrogen (secondary N) is 1. The van der Waals surface area contributed by atoms with Crippen LogP contribution in [0.15, 0.2) is 15.8 Å². The monoisotopic (exact) mass is 350 g/mol. The molecule has 0 spiro atoms. The van der Waals surface area contributed by atoms with Gasteiger partial charge in [-0.2, -0.15) is 0 Å². The van der Waals surface area contributed by atoms with Gasteiger partial charge in [0.2, 0.25) is 0 Å². The van der Waals surface area contributed by atoms with Crippen molar-refractivity contribution >= 4 is 7.82 Å². The second-order valence-electron chi connectivity index (χ2n) is 5.50. The lowest BCUT2D eigenvalue weighted by Gasteiger charge is -2.29. The van der Waals surface area contributed by atoms with Gasteiger partial charge in [0.05, 0.1) is 13.2 Å². The maximum Gasteiger partial charge on any atom is 0.470 e. The van der Waals surface area contributed by atoms with Gasteiger partial charge in [0.15, 0.2) is 6.23 Å². The van der Waals surface area contributed by atoms with Crippen LogP contribution in [-0.2, 0) is 18.6 Å². The molecule has 3 heterocycles. The van der Waals surface area contributed by atoms with E-state index < -0.39 is 49.7 Å². The van der Waals surface area contributed by atoms with Crippen LogP contribution in [0.2, 0.25) is 0 Å². The number of nitrogens with zero attached hydrogens (tertiary/aromatic N) is 1. The number of fused-ring (bicyclic) bond motifs is 2. The molecular weight excluding hydrogens is 335 g/mol. The standard InChI is InChI=1S/C11H15N2O9P/c1-5-2-13(10(16)12-8(5)15)9-6-7(22-23(17,18)19)11(3-14,21-9)4-20-6/h2,6-7,9,14H,3-4H2,1H3,(H,12,15,16)(H2,17,18,19)/t6-,7-,9-,11+/m1/s1. The van der Waals surface area contributed by atoms with Gasteiger partial charge < -0.3 is 24.4 Å². The van der Waals surface area contributed by atoms with Gasteiger partial charge in [-0.05, 0) is 6.92 Å². The third-order valence-corrected chi connectivity index (χ3v) is 4.41. The third kappa shape index (κ3) is 2.70. The van der Waals surface area contributed by atoms with E-state index in [4.69, 9.17) is 23.8 Å². The summed E-state index contributed by atoms with van der Waals surface area (Å²) >= 11 is 0. The van der Waals surface area contributed by atoms with Crippen molar-refractivity contribution < 1.29 is 33.5 Å². The Morgan fingerprint density at radius 3 is 2.83 bits per heavy atom. The first-order chi connectivity index (χ1) is 10.7. The van der Waals surface area contributed by atoms with E-state index >= 15 is 0 Å². The number of ether oxygens (including phenoxy) is 2. The zero-order valence-corrected chi connectivity index (χ0v) is 12.8. The lowest BCUT2D eigenvalue weighted by Crippen LogP contribution is -2.45. The number of phosphoric ester groups is 1. The number of hydrogen-bond acceptors (Lipinski definition) is 7. The van der Waals surface area contributed by atoms with E-state index in [-0.39, 0.29) is 12.2 Å². The number of rotatable bonds is 4. The van der Waals surface area contributed by atoms with Gasteiger partial charge in [-0.25, -0.2) is 9.36 Å². The van der Waals surface area contributed by atoms with Crippen LogP contribution in [-0.4, -0.2) is 55.5 Å². The smallest absolute Gasteiger partial charge is 0.393 e. The fourth-order valence-corrected chi connectivity index (χ4v) is 3.42. The normalized spacial score (nSPS) is 33.3. The van der Waals surface area contributed by atoms with E-state index in [1.807, 2.05) is 0 Å². The SMILES string of the molecule is Cc1cn([C@@H]2O[C@@]3(CO)CO[C@@H]2[C@H]3OP(=O)(O)O)c(=O)[nH]c1=O. The Bertz CT molecular complexity index is 782. The van der Waals surface area contributed by atoms with Crippen LogP contribution in [0.5, 0.6) is 0 Å². The fraction of sp³-hybridized carbons (Fsp3) is 0.636. The van der Waals surface area contributed by atoms with E-state index in [2.05, 4.69) is 4.98 Å². The Kier molecular flexibility index (Phi) is 3.84. The van der Waals surface area contributed by atoms with Gasteiger partial charge in [0, 0.05) is 11.8 Å². The highest BCUT2D eigenvalue weighted by Gasteiger charge is 2.64. The highest BCUT2D eigenvalue weighted by atomic mass is 31.2. The molecule has 1 aromatic rings. The van der Waals surface area contributed by atoms with Gasteiger partial charge in [-0.3, -0.25) is 18.9 Å². The van der Waals surface area contributed by atoms with Crippen LogP contribution in [0.1, 0.15) is 11.8 Å². The van der Waals surface area contributed by atoms with E-state index in [1.54, 1.807) is 0 Å². The van der Waals surface area contributed by atoms with E-state index in [0.717, 1.165) is 4.57 Å². The Labute approximate surface area is 128 Å². The lowest BCUT2D eigenvalue weighted by molar-refractivity contribution is -0.187. The summed E-state index contributed by atoms with van der Waals surface area (Å²) in [5.74, 6) is 0. The van der Waals surface area contributed by atoms with E-state index in [0.29, 0.717) is 0 Å². The zero-order valence-electron chi connectivity index (χ0n) is 11.9. The topological polar surface area (TPSA) is 160 Å². The minimum Gasteiger partial charge on any atom is -0.393 e. The fourth-order valence-electron chi connectivity index (χ4n) is 2.81. The first-order valence-electron chi connectivity index (χ1n) is 6.63. The minimum absolute atomic E-state index is 0.146. The van der Waals surface area contributed by atoms with Crippen molar-refractivity contribution in [2.45, 2.75) is 31.0 Å². The number of phosphoric acid groups is 1. The lowest BCUT2D eigenvalue weighted by atomic mass is 10.0. The van der Waals surface area contributed by atoms with Crippen LogP contribution < -0.4 is 11.2 Å². The summed E-state index contributed by atoms with van der Waals surface area (Å²) in [4.78, 5) is 43.5. The molecule has 4 atom stereocenters. The molecule has 2 bridgehead atoms. The molecule has 128 valence electrons. The molecule has 11 nitrogen and oxygen atoms in total. The summed E-state index contributed by atoms with van der Waals surface area (Å²) in [6.07, 6.45) is -2.15. The van der Waals surface area contributed by atoms with Gasteiger partial charge in [0.1, 0.15) is 17.8 Å². The second-order valence-corrected chi connectivity index (χ2v) is 6.69. The number of aromatic amines is 1. The molecule has 0 saturated carbocycles. The second kappa shape index (κ2) is 5.35. The van der Waals surface area contributed by atoms with Crippen molar-refractivity contribution in [3.05, 3.63) is 32.6 Å². The predicted molar refractivity (Wildman–Crippen MR) is 72.7 cm³/mol. The van der Waals surface area contributed by atoms with Crippen molar-refractivity contribution in [2.75, 3.05) is 13.2 Å². The number of hydrogen-bond donors (Lipinski definition) is 4. The Morgan fingerprint density at radius 2 is 2.22 bits per heavy atom. The molecule has 0 aliphatic carbocycles. The first kappa shape index (κ1) is 16.5. The summed E-state index contributed by atoms with van der Waals surface area (Å²) < 4.78 is 27.9. The molecule has 0 amide bonds. The maximum absolute atomic E-state index is 12.0. The van der Waals surface area contributed by atoms with Crippen molar-refractivity contribution in [1.29, 1.82) is 0 Å². The summed E-state index contributed by atoms with van der Waals surface area (Å²) in [7, 11) is -4.87. The molecule has 2 aliphatic rings. The molecule has 2 fully saturated rings. The molecule has 0 aromatic carbocycles. The maximum atomic E-state index is 12.0. The van der Waals surface area contributed by atoms with Crippen LogP contribution in [0.3, 0.4) is 0 Å². The molecule has 1 aromatic heterocycles. The number of aromatic nitrogens is 2. The van der Waals surface area contributed by atoms with Gasteiger partial charge >= 0.3 is 13.5 Å². The van der Waals surface area contributed by atoms with Crippen LogP contribution in [0.25, 0.3) is 0 Å². The van der Waals surface area contributed by atoms with E-state index in [9.17, 15) is 19.3 Å². The molecule has 0 unspecified atom stereocenters. The minimum atomic E-state index is -4.87. The number of aliphatic hydroxyl groups excluding tert-OH is 1. The first-order valence-corrected chi connectivity index (χ1v) is 8.16. The van der Waals surface area contributed by atoms with Crippen molar-refractivity contribution in [3.63, 3.8) is 0 Å².